The summed E-state index contributed by atoms with van der Waals surface area (Å²) in [5, 5.41) is 0. The zero-order valence-corrected chi connectivity index (χ0v) is 20.6. The van der Waals surface area contributed by atoms with E-state index >= 15 is 0 Å². The summed E-state index contributed by atoms with van der Waals surface area (Å²) in [7, 11) is 1.76. The number of rotatable bonds is 10. The summed E-state index contributed by atoms with van der Waals surface area (Å²) < 4.78 is 6.91. The van der Waals surface area contributed by atoms with Gasteiger partial charge in [-0.1, -0.05) is 120 Å². The normalized spacial score (nSPS) is 12.5. The summed E-state index contributed by atoms with van der Waals surface area (Å²) in [5.41, 5.74) is 1.32. The van der Waals surface area contributed by atoms with Crippen molar-refractivity contribution in [1.82, 2.24) is 0 Å². The largest absolute Gasteiger partial charge is 0.496 e. The number of alkyl halides is 2. The number of methoxy groups -OCH3 is 1. The summed E-state index contributed by atoms with van der Waals surface area (Å²) >= 11 is 8.91. The van der Waals surface area contributed by atoms with Crippen LogP contribution in [0.1, 0.15) is 71.3 Å². The van der Waals surface area contributed by atoms with E-state index in [1.54, 1.807) is 7.11 Å². The minimum Gasteiger partial charge on any atom is -0.496 e. The Balaban J connectivity index is 2.78. The van der Waals surface area contributed by atoms with Gasteiger partial charge in [0.05, 0.1) is 8.54 Å². The first-order valence-electron chi connectivity index (χ1n) is 8.48. The zero-order valence-electron chi connectivity index (χ0n) is 14.7. The molecular weight excluding hydrogens is 578 g/mol. The predicted molar refractivity (Wildman–Crippen MR) is 122 cm³/mol. The van der Waals surface area contributed by atoms with Crippen LogP contribution in [0.2, 0.25) is 0 Å². The van der Waals surface area contributed by atoms with E-state index in [1.807, 2.05) is 6.07 Å². The van der Waals surface area contributed by atoms with Crippen molar-refractivity contribution >= 4 is 61.1 Å². The van der Waals surface area contributed by atoms with Gasteiger partial charge in [-0.3, -0.25) is 0 Å². The van der Waals surface area contributed by atoms with E-state index in [0.717, 1.165) is 10.2 Å². The van der Waals surface area contributed by atoms with Crippen LogP contribution in [0.5, 0.6) is 5.75 Å². The molecule has 0 aliphatic rings. The van der Waals surface area contributed by atoms with Gasteiger partial charge in [0, 0.05) is 15.5 Å². The van der Waals surface area contributed by atoms with Gasteiger partial charge in [-0.2, -0.15) is 0 Å². The van der Waals surface area contributed by atoms with E-state index in [-0.39, 0.29) is 6.84 Å². The molecule has 0 atom stereocenters. The second-order valence-corrected chi connectivity index (χ2v) is 13.4. The summed E-state index contributed by atoms with van der Waals surface area (Å²) in [6.07, 6.45) is 9.32. The van der Waals surface area contributed by atoms with Gasteiger partial charge >= 0.3 is 0 Å². The monoisotopic (exact) mass is 606 g/mol. The molecule has 0 radical (unpaired) electrons. The van der Waals surface area contributed by atoms with Crippen LogP contribution in [0, 0.1) is 0 Å². The van der Waals surface area contributed by atoms with Crippen molar-refractivity contribution in [3.63, 3.8) is 0 Å². The van der Waals surface area contributed by atoms with E-state index in [4.69, 9.17) is 4.74 Å². The van der Waals surface area contributed by atoms with E-state index in [1.165, 1.54) is 50.5 Å². The molecule has 1 nitrogen and oxygen atoms in total. The summed E-state index contributed by atoms with van der Waals surface area (Å²) in [6.45, 7) is 6.95. The topological polar surface area (TPSA) is 9.23 Å². The van der Waals surface area contributed by atoms with Crippen molar-refractivity contribution in [2.45, 2.75) is 72.6 Å². The van der Waals surface area contributed by atoms with Crippen LogP contribution >= 0.6 is 61.1 Å². The predicted octanol–water partition coefficient (Wildman–Crippen LogP) is 8.05. The molecule has 0 spiro atoms. The Kier molecular flexibility index (Phi) is 9.75. The van der Waals surface area contributed by atoms with E-state index in [2.05, 4.69) is 94.0 Å². The first-order valence-corrected chi connectivity index (χ1v) is 11.4. The average Bonchev–Trinajstić information content (AvgIpc) is 2.50. The molecule has 0 aliphatic heterocycles. The fourth-order valence-corrected chi connectivity index (χ4v) is 4.51. The molecule has 0 heterocycles. The average molecular weight is 607 g/mol. The molecule has 1 rings (SSSR count). The van der Waals surface area contributed by atoms with Gasteiger partial charge in [0.1, 0.15) is 5.75 Å². The van der Waals surface area contributed by atoms with Gasteiger partial charge in [-0.25, -0.2) is 0 Å². The quantitative estimate of drug-likeness (QED) is 0.149. The number of hydrogen-bond donors (Lipinski definition) is 0. The highest BCUT2D eigenvalue weighted by Gasteiger charge is 2.43. The number of halogens is 3. The van der Waals surface area contributed by atoms with Crippen LogP contribution in [0.4, 0.5) is 0 Å². The van der Waals surface area contributed by atoms with Crippen LogP contribution in [-0.4, -0.2) is 8.54 Å². The van der Waals surface area contributed by atoms with Gasteiger partial charge in [-0.05, 0) is 24.6 Å². The van der Waals surface area contributed by atoms with Crippen LogP contribution in [0.15, 0.2) is 22.7 Å². The maximum atomic E-state index is 5.62. The molecule has 0 bridgehead atoms. The molecule has 1 aromatic rings. The third kappa shape index (κ3) is 6.32. The molecule has 0 saturated heterocycles. The number of unbranched alkanes of at least 4 members (excludes halogenated alkanes) is 5. The summed E-state index contributed by atoms with van der Waals surface area (Å²) in [4.78, 5) is 0. The van der Waals surface area contributed by atoms with Crippen molar-refractivity contribution in [2.75, 3.05) is 7.11 Å². The van der Waals surface area contributed by atoms with Gasteiger partial charge in [0.25, 0.3) is 0 Å². The number of benzene rings is 1. The third-order valence-electron chi connectivity index (χ3n) is 4.59. The highest BCUT2D eigenvalue weighted by atomic mass is 127. The third-order valence-corrected chi connectivity index (χ3v) is 8.86. The lowest BCUT2D eigenvalue weighted by Gasteiger charge is -2.40. The first-order chi connectivity index (χ1) is 10.8. The molecule has 132 valence electrons. The molecule has 0 saturated carbocycles. The van der Waals surface area contributed by atoms with Gasteiger partial charge in [0.15, 0.2) is 0 Å². The fourth-order valence-electron chi connectivity index (χ4n) is 2.81. The SMILES string of the molecule is CCCCCCCCC(I)(I)C(C)(C)c1cc(Br)ccc1OC. The second kappa shape index (κ2) is 10.2. The molecule has 0 unspecified atom stereocenters. The number of hydrogen-bond acceptors (Lipinski definition) is 1. The molecule has 0 aromatic heterocycles. The molecular formula is C19H29BrI2O. The van der Waals surface area contributed by atoms with E-state index < -0.39 is 0 Å². The Morgan fingerprint density at radius 2 is 1.65 bits per heavy atom. The Morgan fingerprint density at radius 1 is 1.04 bits per heavy atom. The van der Waals surface area contributed by atoms with Gasteiger partial charge in [-0.15, -0.1) is 0 Å². The van der Waals surface area contributed by atoms with Crippen molar-refractivity contribution in [3.8, 4) is 5.75 Å². The van der Waals surface area contributed by atoms with Gasteiger partial charge in [0.2, 0.25) is 0 Å². The van der Waals surface area contributed by atoms with Crippen LogP contribution in [0.3, 0.4) is 0 Å². The maximum absolute atomic E-state index is 5.62. The zero-order chi connectivity index (χ0) is 17.5. The Morgan fingerprint density at radius 3 is 2.26 bits per heavy atom. The maximum Gasteiger partial charge on any atom is 0.122 e. The second-order valence-electron chi connectivity index (χ2n) is 6.69. The van der Waals surface area contributed by atoms with Crippen molar-refractivity contribution in [2.24, 2.45) is 0 Å². The highest BCUT2D eigenvalue weighted by molar-refractivity contribution is 14.2. The summed E-state index contributed by atoms with van der Waals surface area (Å²) in [5.74, 6) is 0.985. The minimum absolute atomic E-state index is 0.0344. The Bertz CT molecular complexity index is 486. The Hall–Kier alpha value is 0.960. The van der Waals surface area contributed by atoms with Crippen LogP contribution < -0.4 is 4.74 Å². The Labute approximate surface area is 178 Å². The van der Waals surface area contributed by atoms with Crippen molar-refractivity contribution in [3.05, 3.63) is 28.2 Å². The van der Waals surface area contributed by atoms with E-state index in [9.17, 15) is 0 Å². The lowest BCUT2D eigenvalue weighted by molar-refractivity contribution is 0.383. The van der Waals surface area contributed by atoms with E-state index in [0.29, 0.717) is 0 Å². The lowest BCUT2D eigenvalue weighted by Crippen LogP contribution is -2.37. The highest BCUT2D eigenvalue weighted by Crippen LogP contribution is 2.52. The molecule has 0 aliphatic carbocycles. The smallest absolute Gasteiger partial charge is 0.122 e. The van der Waals surface area contributed by atoms with Crippen molar-refractivity contribution < 1.29 is 4.74 Å². The standard InChI is InChI=1S/C19H29BrI2O/c1-5-6-7-8-9-10-13-19(21,22)18(2,3)16-14-15(20)11-12-17(16)23-4/h11-12,14H,5-10,13H2,1-4H3. The molecule has 23 heavy (non-hydrogen) atoms. The van der Waals surface area contributed by atoms with Crippen LogP contribution in [-0.2, 0) is 5.41 Å². The van der Waals surface area contributed by atoms with Crippen molar-refractivity contribution in [1.29, 1.82) is 0 Å². The minimum atomic E-state index is 0.0344. The molecule has 4 heteroatoms. The fraction of sp³-hybridized carbons (Fsp3) is 0.684. The van der Waals surface area contributed by atoms with Gasteiger partial charge < -0.3 is 4.74 Å². The first kappa shape index (κ1) is 22.0. The molecule has 1 aromatic carbocycles. The number of ether oxygens (including phenoxy) is 1. The molecule has 0 fully saturated rings. The summed E-state index contributed by atoms with van der Waals surface area (Å²) in [6, 6.07) is 6.33. The van der Waals surface area contributed by atoms with Crippen LogP contribution in [0.25, 0.3) is 0 Å². The molecule has 0 N–H and O–H groups in total. The lowest BCUT2D eigenvalue weighted by atomic mass is 9.79. The molecule has 0 amide bonds.